The molecule has 6 saturated carbocycles. The fourth-order valence-corrected chi connectivity index (χ4v) is 14.5. The van der Waals surface area contributed by atoms with Gasteiger partial charge in [-0.05, 0) is 111 Å². The van der Waals surface area contributed by atoms with Gasteiger partial charge in [-0.3, -0.25) is 0 Å². The summed E-state index contributed by atoms with van der Waals surface area (Å²) in [6.07, 6.45) is -17.8. The Balaban J connectivity index is 0.000000163. The summed E-state index contributed by atoms with van der Waals surface area (Å²) >= 11 is 2.68. The van der Waals surface area contributed by atoms with Crippen molar-refractivity contribution in [1.29, 1.82) is 0 Å². The molecule has 0 bridgehead atoms. The van der Waals surface area contributed by atoms with Gasteiger partial charge in [0.2, 0.25) is 0 Å². The molecule has 0 radical (unpaired) electrons. The number of aryl methyl sites for hydroxylation is 3. The van der Waals surface area contributed by atoms with E-state index in [4.69, 9.17) is 45.4 Å². The summed E-state index contributed by atoms with van der Waals surface area (Å²) in [7, 11) is 0. The number of rotatable bonds is 30. The van der Waals surface area contributed by atoms with E-state index in [1.54, 1.807) is 52.8 Å². The SMILES string of the molecule is [2H]C([2H])(CC)Sc1nc(N[C@@]2([2H])[C@H](c3ccc(C)c(F)c3)C2([2H])[2H])c2nnn([C@@H]3C[C@H](OCCO)[C@@H](O)[C@H]3O)c2n1.[2H]C([2H])(O)C([2H])([2H])O[C@H]1C[C@@H](n2nnc3c(N[C@@]4([2H])[C@H](c5ccc(C)c(F)c5)C4([2H])[2H])nc(SCCC)nc32)[C@H](O)[C@@H]1O.[2H]C([2H])(O)CO[C@H]1C[C@@H](n2nnc3c(N[C@@]4([2H])[C@H](c5ccc(C)c(F)c5)C4([2H])[2H])nc(SC([2H])([2H])CC)nc32)[C@H](O)[C@@H]1O. The molecule has 0 aliphatic heterocycles. The fraction of sp³-hybridized carbons (Fsp3) is 0.583. The maximum absolute atomic E-state index is 14.3. The van der Waals surface area contributed by atoms with Gasteiger partial charge >= 0.3 is 0 Å². The van der Waals surface area contributed by atoms with Crippen molar-refractivity contribution in [1.82, 2.24) is 74.9 Å². The van der Waals surface area contributed by atoms with E-state index in [1.807, 2.05) is 6.92 Å². The molecule has 0 spiro atoms. The van der Waals surface area contributed by atoms with Crippen LogP contribution in [0.4, 0.5) is 30.6 Å². The quantitative estimate of drug-likeness (QED) is 0.0168. The van der Waals surface area contributed by atoms with Gasteiger partial charge in [0.25, 0.3) is 0 Å². The third kappa shape index (κ3) is 17.5. The van der Waals surface area contributed by atoms with Crippen LogP contribution in [0.25, 0.3) is 33.5 Å². The van der Waals surface area contributed by atoms with Crippen LogP contribution in [0.2, 0.25) is 0 Å². The fourth-order valence-electron chi connectivity index (χ4n) is 12.7. The molecular weight excluding hydrogens is 1460 g/mol. The maximum atomic E-state index is 14.3. The number of halogens is 3. The van der Waals surface area contributed by atoms with E-state index < -0.39 is 183 Å². The Morgan fingerprint density at radius 1 is 0.481 bits per heavy atom. The lowest BCUT2D eigenvalue weighted by atomic mass is 10.1. The highest BCUT2D eigenvalue weighted by Crippen LogP contribution is 2.48. The Kier molecular flexibility index (Phi) is 18.8. The molecule has 6 fully saturated rings. The number of fused-ring (bicyclic) bond motifs is 3. The average molecular weight is 1570 g/mol. The summed E-state index contributed by atoms with van der Waals surface area (Å²) in [4.78, 5) is 26.5. The number of thioether (sulfide) groups is 3. The van der Waals surface area contributed by atoms with E-state index in [2.05, 4.69) is 76.8 Å². The van der Waals surface area contributed by atoms with Gasteiger partial charge < -0.3 is 76.1 Å². The number of hydrogen-bond donors (Lipinski definition) is 12. The molecule has 6 aliphatic carbocycles. The first kappa shape index (κ1) is 57.8. The van der Waals surface area contributed by atoms with Crippen molar-refractivity contribution in [2.45, 2.75) is 224 Å². The Morgan fingerprint density at radius 3 is 1.16 bits per heavy atom. The third-order valence-corrected chi connectivity index (χ3v) is 21.3. The minimum atomic E-state index is -3.39. The van der Waals surface area contributed by atoms with E-state index in [0.717, 1.165) is 18.2 Å². The van der Waals surface area contributed by atoms with Crippen LogP contribution < -0.4 is 16.0 Å². The molecule has 0 unspecified atom stereocenters. The Morgan fingerprint density at radius 2 is 0.833 bits per heavy atom. The summed E-state index contributed by atoms with van der Waals surface area (Å²) in [6, 6.07) is 4.00. The average Bonchev–Trinajstić information content (AvgIpc) is 1.52. The third-order valence-electron chi connectivity index (χ3n) is 18.6. The van der Waals surface area contributed by atoms with Gasteiger partial charge in [0, 0.05) is 85.9 Å². The van der Waals surface area contributed by atoms with Crippen molar-refractivity contribution in [2.75, 3.05) is 72.6 Å². The standard InChI is InChI=1S/3C24H31FN6O4S/c3*1-3-8-36-24-27-22(26-16-10-14(16)13-5-4-12(2)15(25)9-13)19-23(28-24)31(30-29-19)17-11-18(35-7-6-32)21(34)20(17)33/h3*4-5,9,14,16-18,20-21,32-34H,3,6-8,10-11H2,1-2H3,(H,26,27,28)/t3*14-,16+,17+,18-,20-,21+/m000/s1/i6D2,8D2,10D2,16D;6D2,7D2,10D2,16D;8D2,10D2,16D. The zero-order valence-electron chi connectivity index (χ0n) is 77.7. The summed E-state index contributed by atoms with van der Waals surface area (Å²) in [5.74, 6) is -4.38. The lowest BCUT2D eigenvalue weighted by molar-refractivity contribution is -0.0629. The highest BCUT2D eigenvalue weighted by Gasteiger charge is 2.49. The number of anilines is 3. The highest BCUT2D eigenvalue weighted by molar-refractivity contribution is 7.99. The van der Waals surface area contributed by atoms with E-state index in [1.165, 1.54) is 62.2 Å². The van der Waals surface area contributed by atoms with Crippen LogP contribution in [-0.4, -0.2) is 250 Å². The van der Waals surface area contributed by atoms with Crippen LogP contribution in [0, 0.1) is 38.2 Å². The van der Waals surface area contributed by atoms with Crippen molar-refractivity contribution >= 4 is 86.2 Å². The first-order chi connectivity index (χ1) is 59.0. The summed E-state index contributed by atoms with van der Waals surface area (Å²) in [5, 5.41) is 125. The molecule has 12 N–H and O–H groups in total. The Hall–Kier alpha value is -7.14. The van der Waals surface area contributed by atoms with Gasteiger partial charge in [-0.1, -0.05) is 108 Å². The summed E-state index contributed by atoms with van der Waals surface area (Å²) in [5.41, 5.74) is -1.39. The van der Waals surface area contributed by atoms with Crippen molar-refractivity contribution in [2.24, 2.45) is 0 Å². The van der Waals surface area contributed by atoms with E-state index >= 15 is 0 Å². The molecule has 15 rings (SSSR count). The van der Waals surface area contributed by atoms with Crippen LogP contribution >= 0.6 is 35.3 Å². The number of nitrogens with zero attached hydrogens (tertiary/aromatic N) is 15. The zero-order chi connectivity index (χ0) is 93.3. The van der Waals surface area contributed by atoms with Crippen LogP contribution in [0.3, 0.4) is 0 Å². The molecule has 6 aromatic heterocycles. The number of ether oxygens (including phenoxy) is 3. The molecule has 582 valence electrons. The molecule has 0 saturated heterocycles. The van der Waals surface area contributed by atoms with Gasteiger partial charge in [-0.25, -0.2) is 57.1 Å². The second-order valence-corrected chi connectivity index (χ2v) is 28.7. The number of aliphatic hydroxyl groups excluding tert-OH is 7. The van der Waals surface area contributed by atoms with Crippen molar-refractivity contribution in [3.8, 4) is 0 Å². The monoisotopic (exact) mass is 1570 g/mol. The van der Waals surface area contributed by atoms with Gasteiger partial charge in [0.05, 0.1) is 88.3 Å². The predicted octanol–water partition coefficient (Wildman–Crippen LogP) is 6.55. The van der Waals surface area contributed by atoms with Gasteiger partial charge in [0.15, 0.2) is 66.4 Å². The molecule has 18 atom stereocenters. The molecule has 108 heavy (non-hydrogen) atoms. The number of aromatic nitrogens is 15. The van der Waals surface area contributed by atoms with E-state index in [-0.39, 0.29) is 117 Å². The maximum Gasteiger partial charge on any atom is 0.191 e. The van der Waals surface area contributed by atoms with Crippen molar-refractivity contribution in [3.63, 3.8) is 0 Å². The second-order valence-electron chi connectivity index (χ2n) is 26.0. The van der Waals surface area contributed by atoms with Gasteiger partial charge in [-0.15, -0.1) is 15.3 Å². The molecular formula is C72H93F3N18O12S3. The van der Waals surface area contributed by atoms with E-state index in [0.29, 0.717) is 45.3 Å². The topological polar surface area (TPSA) is 415 Å². The molecule has 3 aromatic carbocycles. The number of aliphatic hydroxyl groups is 9. The van der Waals surface area contributed by atoms with Crippen molar-refractivity contribution < 1.29 is 99.4 Å². The molecule has 36 heteroatoms. The first-order valence-corrected chi connectivity index (χ1v) is 37.2. The summed E-state index contributed by atoms with van der Waals surface area (Å²) in [6.45, 7) is -0.350. The predicted molar refractivity (Wildman–Crippen MR) is 398 cm³/mol. The zero-order valence-corrected chi connectivity index (χ0v) is 61.2. The van der Waals surface area contributed by atoms with Crippen LogP contribution in [0.1, 0.15) is 174 Å². The lowest BCUT2D eigenvalue weighted by Gasteiger charge is -2.17. The van der Waals surface area contributed by atoms with E-state index in [9.17, 15) is 54.0 Å². The van der Waals surface area contributed by atoms with Crippen molar-refractivity contribution in [3.05, 3.63) is 105 Å². The van der Waals surface area contributed by atoms with Gasteiger partial charge in [-0.2, -0.15) is 0 Å². The largest absolute Gasteiger partial charge is 0.394 e. The van der Waals surface area contributed by atoms with Crippen LogP contribution in [-0.2, 0) is 14.2 Å². The minimum absolute atomic E-state index is 0.0102. The van der Waals surface area contributed by atoms with Crippen LogP contribution in [0.15, 0.2) is 70.1 Å². The van der Waals surface area contributed by atoms with Gasteiger partial charge in [0.1, 0.15) is 54.1 Å². The lowest BCUT2D eigenvalue weighted by Crippen LogP contribution is -2.33. The normalized spacial score (nSPS) is 34.3. The summed E-state index contributed by atoms with van der Waals surface area (Å²) < 4.78 is 218. The smallest absolute Gasteiger partial charge is 0.191 e. The Labute approximate surface area is 659 Å². The van der Waals surface area contributed by atoms with Crippen LogP contribution in [0.5, 0.6) is 0 Å². The minimum Gasteiger partial charge on any atom is -0.394 e. The second kappa shape index (κ2) is 35.1. The molecule has 6 aliphatic rings. The molecule has 6 heterocycles. The first-order valence-electron chi connectivity index (χ1n) is 44.1. The Bertz CT molecular complexity index is 5560. The number of hydrogen-bond acceptors (Lipinski definition) is 30. The number of nitrogens with one attached hydrogen (secondary N) is 3. The highest BCUT2D eigenvalue weighted by atomic mass is 32.2. The number of benzene rings is 3. The molecule has 9 aromatic rings. The molecule has 0 amide bonds. The molecule has 30 nitrogen and oxygen atoms in total.